The predicted molar refractivity (Wildman–Crippen MR) is 63.5 cm³/mol. The second-order valence-corrected chi connectivity index (χ2v) is 7.13. The van der Waals surface area contributed by atoms with Gasteiger partial charge in [0.1, 0.15) is 9.84 Å². The van der Waals surface area contributed by atoms with E-state index in [-0.39, 0.29) is 23.5 Å². The molecule has 1 N–H and O–H groups in total. The lowest BCUT2D eigenvalue weighted by molar-refractivity contribution is 0.0938. The lowest BCUT2D eigenvalue weighted by Crippen LogP contribution is -2.40. The smallest absolute Gasteiger partial charge is 0.261 e. The maximum Gasteiger partial charge on any atom is 0.261 e. The highest BCUT2D eigenvalue weighted by Crippen LogP contribution is 2.14. The summed E-state index contributed by atoms with van der Waals surface area (Å²) in [6.45, 7) is 0. The first-order chi connectivity index (χ1) is 7.57. The van der Waals surface area contributed by atoms with Crippen LogP contribution in [0.3, 0.4) is 0 Å². The molecule has 0 aromatic carbocycles. The van der Waals surface area contributed by atoms with E-state index in [0.717, 1.165) is 0 Å². The van der Waals surface area contributed by atoms with Crippen LogP contribution in [-0.2, 0) is 9.84 Å². The third kappa shape index (κ3) is 2.82. The first-order valence-corrected chi connectivity index (χ1v) is 7.82. The number of hydrogen-bond acceptors (Lipinski definition) is 4. The van der Waals surface area contributed by atoms with Crippen molar-refractivity contribution in [3.8, 4) is 0 Å². The number of carbonyl (C=O) groups is 1. The molecule has 1 aliphatic rings. The van der Waals surface area contributed by atoms with Crippen molar-refractivity contribution in [3.05, 3.63) is 22.4 Å². The molecule has 0 radical (unpaired) electrons. The molecule has 4 nitrogen and oxygen atoms in total. The highest BCUT2D eigenvalue weighted by atomic mass is 32.2. The van der Waals surface area contributed by atoms with Crippen LogP contribution in [0.2, 0.25) is 0 Å². The van der Waals surface area contributed by atoms with Gasteiger partial charge in [-0.25, -0.2) is 8.42 Å². The maximum atomic E-state index is 11.7. The summed E-state index contributed by atoms with van der Waals surface area (Å²) in [5.41, 5.74) is 0. The van der Waals surface area contributed by atoms with Crippen molar-refractivity contribution in [1.82, 2.24) is 5.32 Å². The fourth-order valence-corrected chi connectivity index (χ4v) is 3.82. The molecule has 1 fully saturated rings. The van der Waals surface area contributed by atoms with E-state index >= 15 is 0 Å². The number of carbonyl (C=O) groups excluding carboxylic acids is 1. The molecule has 16 heavy (non-hydrogen) atoms. The van der Waals surface area contributed by atoms with Crippen molar-refractivity contribution in [2.24, 2.45) is 0 Å². The molecule has 88 valence electrons. The second kappa shape index (κ2) is 4.55. The molecule has 0 atom stereocenters. The second-order valence-electron chi connectivity index (χ2n) is 3.88. The van der Waals surface area contributed by atoms with E-state index in [1.807, 2.05) is 11.4 Å². The monoisotopic (exact) mass is 259 g/mol. The molecule has 1 saturated heterocycles. The SMILES string of the molecule is O=C(NC1CCS(=O)(=O)CC1)c1cccs1. The molecule has 1 aromatic rings. The minimum Gasteiger partial charge on any atom is -0.349 e. The van der Waals surface area contributed by atoms with Gasteiger partial charge in [-0.2, -0.15) is 0 Å². The van der Waals surface area contributed by atoms with Gasteiger partial charge in [0, 0.05) is 6.04 Å². The van der Waals surface area contributed by atoms with E-state index in [9.17, 15) is 13.2 Å². The molecular weight excluding hydrogens is 246 g/mol. The molecule has 6 heteroatoms. The summed E-state index contributed by atoms with van der Waals surface area (Å²) in [4.78, 5) is 12.4. The third-order valence-electron chi connectivity index (χ3n) is 2.63. The Balaban J connectivity index is 1.90. The van der Waals surface area contributed by atoms with Gasteiger partial charge < -0.3 is 5.32 Å². The summed E-state index contributed by atoms with van der Waals surface area (Å²) in [7, 11) is -2.85. The fourth-order valence-electron chi connectivity index (χ4n) is 1.70. The average Bonchev–Trinajstić information content (AvgIpc) is 2.74. The molecule has 0 bridgehead atoms. The molecule has 1 amide bonds. The van der Waals surface area contributed by atoms with Gasteiger partial charge in [-0.05, 0) is 24.3 Å². The standard InChI is InChI=1S/C10H13NO3S2/c12-10(9-2-1-5-15-9)11-8-3-6-16(13,14)7-4-8/h1-2,5,8H,3-4,6-7H2,(H,11,12). The normalized spacial score (nSPS) is 20.5. The zero-order valence-electron chi connectivity index (χ0n) is 8.68. The molecule has 0 spiro atoms. The summed E-state index contributed by atoms with van der Waals surface area (Å²) in [6, 6.07) is 3.59. The van der Waals surface area contributed by atoms with Gasteiger partial charge in [0.2, 0.25) is 0 Å². The average molecular weight is 259 g/mol. The molecule has 2 rings (SSSR count). The van der Waals surface area contributed by atoms with Gasteiger partial charge in [0.25, 0.3) is 5.91 Å². The molecule has 1 aliphatic heterocycles. The van der Waals surface area contributed by atoms with Crippen molar-refractivity contribution in [2.75, 3.05) is 11.5 Å². The van der Waals surface area contributed by atoms with Crippen LogP contribution < -0.4 is 5.32 Å². The Morgan fingerprint density at radius 3 is 2.62 bits per heavy atom. The molecular formula is C10H13NO3S2. The summed E-state index contributed by atoms with van der Waals surface area (Å²) < 4.78 is 22.4. The third-order valence-corrected chi connectivity index (χ3v) is 5.22. The van der Waals surface area contributed by atoms with Crippen molar-refractivity contribution in [3.63, 3.8) is 0 Å². The van der Waals surface area contributed by atoms with Crippen molar-refractivity contribution in [1.29, 1.82) is 0 Å². The quantitative estimate of drug-likeness (QED) is 0.863. The Hall–Kier alpha value is -0.880. The fraction of sp³-hybridized carbons (Fsp3) is 0.500. The van der Waals surface area contributed by atoms with E-state index in [0.29, 0.717) is 17.7 Å². The van der Waals surface area contributed by atoms with Crippen LogP contribution in [-0.4, -0.2) is 31.9 Å². The number of thiophene rings is 1. The number of hydrogen-bond donors (Lipinski definition) is 1. The minimum atomic E-state index is -2.85. The Bertz CT molecular complexity index is 450. The zero-order chi connectivity index (χ0) is 11.6. The van der Waals surface area contributed by atoms with Crippen LogP contribution in [0.5, 0.6) is 0 Å². The summed E-state index contributed by atoms with van der Waals surface area (Å²) in [6.07, 6.45) is 1.05. The molecule has 0 aliphatic carbocycles. The summed E-state index contributed by atoms with van der Waals surface area (Å²) in [5.74, 6) is 0.268. The van der Waals surface area contributed by atoms with Crippen LogP contribution >= 0.6 is 11.3 Å². The highest BCUT2D eigenvalue weighted by Gasteiger charge is 2.24. The molecule has 1 aromatic heterocycles. The van der Waals surface area contributed by atoms with Crippen LogP contribution in [0.4, 0.5) is 0 Å². The van der Waals surface area contributed by atoms with E-state index < -0.39 is 9.84 Å². The van der Waals surface area contributed by atoms with Crippen molar-refractivity contribution in [2.45, 2.75) is 18.9 Å². The van der Waals surface area contributed by atoms with Crippen LogP contribution in [0.1, 0.15) is 22.5 Å². The van der Waals surface area contributed by atoms with Gasteiger partial charge in [0.05, 0.1) is 16.4 Å². The molecule has 0 saturated carbocycles. The van der Waals surface area contributed by atoms with E-state index in [1.54, 1.807) is 6.07 Å². The highest BCUT2D eigenvalue weighted by molar-refractivity contribution is 7.91. The van der Waals surface area contributed by atoms with E-state index in [4.69, 9.17) is 0 Å². The van der Waals surface area contributed by atoms with Crippen LogP contribution in [0.15, 0.2) is 17.5 Å². The predicted octanol–water partition coefficient (Wildman–Crippen LogP) is 1.06. The molecule has 2 heterocycles. The van der Waals surface area contributed by atoms with E-state index in [1.165, 1.54) is 11.3 Å². The Kier molecular flexibility index (Phi) is 3.30. The number of rotatable bonds is 2. The Morgan fingerprint density at radius 1 is 1.38 bits per heavy atom. The summed E-state index contributed by atoms with van der Waals surface area (Å²) >= 11 is 1.39. The Labute approximate surface area is 98.6 Å². The van der Waals surface area contributed by atoms with Gasteiger partial charge in [-0.15, -0.1) is 11.3 Å². The number of sulfone groups is 1. The lowest BCUT2D eigenvalue weighted by atomic mass is 10.1. The van der Waals surface area contributed by atoms with Gasteiger partial charge in [0.15, 0.2) is 0 Å². The largest absolute Gasteiger partial charge is 0.349 e. The number of amides is 1. The Morgan fingerprint density at radius 2 is 2.06 bits per heavy atom. The van der Waals surface area contributed by atoms with Crippen molar-refractivity contribution >= 4 is 27.1 Å². The first-order valence-electron chi connectivity index (χ1n) is 5.12. The van der Waals surface area contributed by atoms with E-state index in [2.05, 4.69) is 5.32 Å². The van der Waals surface area contributed by atoms with Crippen LogP contribution in [0, 0.1) is 0 Å². The lowest BCUT2D eigenvalue weighted by Gasteiger charge is -2.22. The maximum absolute atomic E-state index is 11.7. The van der Waals surface area contributed by atoms with Crippen molar-refractivity contribution < 1.29 is 13.2 Å². The van der Waals surface area contributed by atoms with Gasteiger partial charge in [-0.3, -0.25) is 4.79 Å². The minimum absolute atomic E-state index is 0.00174. The van der Waals surface area contributed by atoms with Crippen LogP contribution in [0.25, 0.3) is 0 Å². The molecule has 0 unspecified atom stereocenters. The zero-order valence-corrected chi connectivity index (χ0v) is 10.3. The topological polar surface area (TPSA) is 63.2 Å². The van der Waals surface area contributed by atoms with Gasteiger partial charge >= 0.3 is 0 Å². The van der Waals surface area contributed by atoms with Gasteiger partial charge in [-0.1, -0.05) is 6.07 Å². The number of nitrogens with one attached hydrogen (secondary N) is 1. The summed E-state index contributed by atoms with van der Waals surface area (Å²) in [5, 5.41) is 4.71. The first kappa shape index (κ1) is 11.6.